The first kappa shape index (κ1) is 10.3. The average Bonchev–Trinajstić information content (AvgIpc) is 2.83. The van der Waals surface area contributed by atoms with Crippen LogP contribution in [0.5, 0.6) is 0 Å². The van der Waals surface area contributed by atoms with Gasteiger partial charge in [-0.3, -0.25) is 4.99 Å². The highest BCUT2D eigenvalue weighted by atomic mass is 32.2. The Morgan fingerprint density at radius 2 is 2.44 bits per heavy atom. The lowest BCUT2D eigenvalue weighted by Gasteiger charge is -2.06. The van der Waals surface area contributed by atoms with Gasteiger partial charge in [-0.25, -0.2) is 0 Å². The zero-order chi connectivity index (χ0) is 10.8. The van der Waals surface area contributed by atoms with Gasteiger partial charge in [0.25, 0.3) is 0 Å². The maximum absolute atomic E-state index is 5.28. The summed E-state index contributed by atoms with van der Waals surface area (Å²) in [6.45, 7) is 1.93. The molecule has 0 amide bonds. The van der Waals surface area contributed by atoms with Gasteiger partial charge >= 0.3 is 0 Å². The monoisotopic (exact) mass is 236 g/mol. The molecule has 0 saturated heterocycles. The Morgan fingerprint density at radius 3 is 3.19 bits per heavy atom. The van der Waals surface area contributed by atoms with Crippen LogP contribution in [0.2, 0.25) is 0 Å². The highest BCUT2D eigenvalue weighted by Crippen LogP contribution is 2.41. The van der Waals surface area contributed by atoms with E-state index in [1.165, 1.54) is 12.8 Å². The van der Waals surface area contributed by atoms with Gasteiger partial charge in [0.1, 0.15) is 5.76 Å². The van der Waals surface area contributed by atoms with E-state index in [9.17, 15) is 0 Å². The van der Waals surface area contributed by atoms with Gasteiger partial charge in [-0.2, -0.15) is 0 Å². The van der Waals surface area contributed by atoms with Crippen LogP contribution >= 0.6 is 11.8 Å². The van der Waals surface area contributed by atoms with E-state index in [1.54, 1.807) is 6.26 Å². The molecule has 0 aromatic carbocycles. The Labute approximate surface area is 99.7 Å². The first-order valence-electron chi connectivity index (χ1n) is 5.89. The lowest BCUT2D eigenvalue weighted by Crippen LogP contribution is -2.22. The second-order valence-electron chi connectivity index (χ2n) is 4.40. The summed E-state index contributed by atoms with van der Waals surface area (Å²) in [6.07, 6.45) is 5.47. The maximum Gasteiger partial charge on any atom is 0.156 e. The Morgan fingerprint density at radius 1 is 1.50 bits per heavy atom. The first-order chi connectivity index (χ1) is 7.92. The van der Waals surface area contributed by atoms with Gasteiger partial charge in [-0.1, -0.05) is 11.8 Å². The Kier molecular flexibility index (Phi) is 2.91. The van der Waals surface area contributed by atoms with Gasteiger partial charge in [-0.15, -0.1) is 0 Å². The molecule has 0 radical (unpaired) electrons. The van der Waals surface area contributed by atoms with Gasteiger partial charge in [0.15, 0.2) is 5.17 Å². The van der Waals surface area contributed by atoms with Crippen LogP contribution < -0.4 is 5.32 Å². The van der Waals surface area contributed by atoms with Crippen molar-refractivity contribution in [3.63, 3.8) is 0 Å². The molecule has 1 N–H and O–H groups in total. The molecule has 1 unspecified atom stereocenters. The number of nitrogens with zero attached hydrogens (tertiary/aromatic N) is 1. The molecule has 0 bridgehead atoms. The van der Waals surface area contributed by atoms with Crippen LogP contribution in [0.15, 0.2) is 27.8 Å². The highest BCUT2D eigenvalue weighted by Gasteiger charge is 2.35. The van der Waals surface area contributed by atoms with Gasteiger partial charge in [0, 0.05) is 18.2 Å². The first-order valence-corrected chi connectivity index (χ1v) is 6.77. The number of amidine groups is 1. The highest BCUT2D eigenvalue weighted by molar-refractivity contribution is 8.14. The maximum atomic E-state index is 5.28. The van der Waals surface area contributed by atoms with E-state index in [0.29, 0.717) is 0 Å². The van der Waals surface area contributed by atoms with Gasteiger partial charge in [0.2, 0.25) is 0 Å². The van der Waals surface area contributed by atoms with Crippen molar-refractivity contribution in [2.24, 2.45) is 10.9 Å². The molecular formula is C12H16N2OS. The van der Waals surface area contributed by atoms with Crippen LogP contribution in [-0.4, -0.2) is 23.5 Å². The molecule has 16 heavy (non-hydrogen) atoms. The molecule has 2 heterocycles. The third kappa shape index (κ3) is 2.43. The molecule has 1 aliphatic carbocycles. The van der Waals surface area contributed by atoms with Crippen LogP contribution in [0.3, 0.4) is 0 Å². The molecule has 3 nitrogen and oxygen atoms in total. The zero-order valence-corrected chi connectivity index (χ0v) is 10.0. The van der Waals surface area contributed by atoms with Crippen molar-refractivity contribution < 1.29 is 4.42 Å². The average molecular weight is 236 g/mol. The second-order valence-corrected chi connectivity index (χ2v) is 5.62. The van der Waals surface area contributed by atoms with E-state index < -0.39 is 0 Å². The number of rotatable bonds is 4. The molecule has 2 aliphatic rings. The smallest absolute Gasteiger partial charge is 0.156 e. The van der Waals surface area contributed by atoms with E-state index >= 15 is 0 Å². The molecule has 1 aliphatic heterocycles. The molecular weight excluding hydrogens is 220 g/mol. The molecule has 86 valence electrons. The number of hydrogen-bond acceptors (Lipinski definition) is 4. The van der Waals surface area contributed by atoms with E-state index in [1.807, 2.05) is 23.9 Å². The third-order valence-electron chi connectivity index (χ3n) is 3.05. The van der Waals surface area contributed by atoms with Crippen LogP contribution in [0, 0.1) is 5.92 Å². The molecule has 1 saturated carbocycles. The van der Waals surface area contributed by atoms with Crippen molar-refractivity contribution in [1.29, 1.82) is 0 Å². The van der Waals surface area contributed by atoms with Gasteiger partial charge in [0.05, 0.1) is 12.8 Å². The van der Waals surface area contributed by atoms with Crippen LogP contribution in [-0.2, 0) is 6.42 Å². The fraction of sp³-hybridized carbons (Fsp3) is 0.583. The predicted molar refractivity (Wildman–Crippen MR) is 66.8 cm³/mol. The lowest BCUT2D eigenvalue weighted by atomic mass is 10.3. The number of aliphatic imine (C=N–C) groups is 1. The Hall–Kier alpha value is -0.900. The van der Waals surface area contributed by atoms with E-state index in [2.05, 4.69) is 10.3 Å². The topological polar surface area (TPSA) is 37.5 Å². The molecule has 1 atom stereocenters. The number of thioether (sulfide) groups is 1. The zero-order valence-electron chi connectivity index (χ0n) is 9.19. The molecule has 3 rings (SSSR count). The predicted octanol–water partition coefficient (Wildman–Crippen LogP) is 2.29. The molecule has 1 aromatic rings. The Balaban J connectivity index is 1.39. The summed E-state index contributed by atoms with van der Waals surface area (Å²) in [7, 11) is 0. The third-order valence-corrected chi connectivity index (χ3v) is 4.39. The SMILES string of the molecule is c1coc(CCNC2=NCC(C3CC3)S2)c1. The van der Waals surface area contributed by atoms with E-state index in [4.69, 9.17) is 4.42 Å². The Bertz CT molecular complexity index is 370. The summed E-state index contributed by atoms with van der Waals surface area (Å²) in [4.78, 5) is 4.54. The fourth-order valence-electron chi connectivity index (χ4n) is 1.95. The summed E-state index contributed by atoms with van der Waals surface area (Å²) in [6, 6.07) is 3.94. The van der Waals surface area contributed by atoms with Crippen LogP contribution in [0.1, 0.15) is 18.6 Å². The number of nitrogens with one attached hydrogen (secondary N) is 1. The number of furan rings is 1. The quantitative estimate of drug-likeness (QED) is 0.871. The second kappa shape index (κ2) is 4.53. The van der Waals surface area contributed by atoms with Crippen molar-refractivity contribution >= 4 is 16.9 Å². The summed E-state index contributed by atoms with van der Waals surface area (Å²) in [5, 5.41) is 5.27. The summed E-state index contributed by atoms with van der Waals surface area (Å²) in [5.41, 5.74) is 0. The van der Waals surface area contributed by atoms with E-state index in [-0.39, 0.29) is 0 Å². The molecule has 1 aromatic heterocycles. The standard InChI is InChI=1S/C12H16N2OS/c1-2-10(15-7-1)5-6-13-12-14-8-11(16-12)9-3-4-9/h1-2,7,9,11H,3-6,8H2,(H,13,14). The summed E-state index contributed by atoms with van der Waals surface area (Å²) < 4.78 is 5.28. The fourth-order valence-corrected chi connectivity index (χ4v) is 3.18. The molecule has 0 spiro atoms. The van der Waals surface area contributed by atoms with Gasteiger partial charge < -0.3 is 9.73 Å². The van der Waals surface area contributed by atoms with Crippen molar-refractivity contribution in [3.05, 3.63) is 24.2 Å². The lowest BCUT2D eigenvalue weighted by molar-refractivity contribution is 0.507. The van der Waals surface area contributed by atoms with Crippen molar-refractivity contribution in [2.45, 2.75) is 24.5 Å². The minimum atomic E-state index is 0.756. The largest absolute Gasteiger partial charge is 0.469 e. The van der Waals surface area contributed by atoms with Gasteiger partial charge in [-0.05, 0) is 30.9 Å². The van der Waals surface area contributed by atoms with Crippen LogP contribution in [0.4, 0.5) is 0 Å². The molecule has 4 heteroatoms. The molecule has 1 fully saturated rings. The van der Waals surface area contributed by atoms with Crippen molar-refractivity contribution in [3.8, 4) is 0 Å². The summed E-state index contributed by atoms with van der Waals surface area (Å²) >= 11 is 1.93. The normalized spacial score (nSPS) is 24.5. The van der Waals surface area contributed by atoms with Crippen molar-refractivity contribution in [2.75, 3.05) is 13.1 Å². The summed E-state index contributed by atoms with van der Waals surface area (Å²) in [5.74, 6) is 1.98. The van der Waals surface area contributed by atoms with Crippen molar-refractivity contribution in [1.82, 2.24) is 5.32 Å². The van der Waals surface area contributed by atoms with Crippen LogP contribution in [0.25, 0.3) is 0 Å². The minimum absolute atomic E-state index is 0.756. The number of hydrogen-bond donors (Lipinski definition) is 1. The minimum Gasteiger partial charge on any atom is -0.469 e. The van der Waals surface area contributed by atoms with E-state index in [0.717, 1.165) is 41.6 Å².